The minimum Gasteiger partial charge on any atom is -0.292 e. The second kappa shape index (κ2) is 5.79. The third-order valence-corrected chi connectivity index (χ3v) is 2.85. The predicted molar refractivity (Wildman–Crippen MR) is 63.5 cm³/mol. The summed E-state index contributed by atoms with van der Waals surface area (Å²) in [5, 5.41) is 0. The van der Waals surface area contributed by atoms with Gasteiger partial charge in [-0.3, -0.25) is 4.90 Å². The average molecular weight is 235 g/mol. The third kappa shape index (κ3) is 3.83. The Balaban J connectivity index is 1.95. The van der Waals surface area contributed by atoms with Crippen molar-refractivity contribution in [3.05, 3.63) is 35.4 Å². The zero-order valence-electron chi connectivity index (χ0n) is 9.68. The molecule has 2 rings (SSSR count). The van der Waals surface area contributed by atoms with Crippen LogP contribution in [0.1, 0.15) is 24.8 Å². The van der Waals surface area contributed by atoms with Crippen LogP contribution in [-0.2, 0) is 0 Å². The Labute approximate surface area is 100 Å². The van der Waals surface area contributed by atoms with Crippen LogP contribution in [0.25, 0.3) is 0 Å². The van der Waals surface area contributed by atoms with Gasteiger partial charge in [-0.15, -0.1) is 0 Å². The van der Waals surface area contributed by atoms with E-state index < -0.39 is 11.6 Å². The molecule has 0 aromatic heterocycles. The zero-order valence-corrected chi connectivity index (χ0v) is 9.68. The first-order chi connectivity index (χ1) is 8.24. The van der Waals surface area contributed by atoms with E-state index in [9.17, 15) is 8.78 Å². The van der Waals surface area contributed by atoms with E-state index in [-0.39, 0.29) is 0 Å². The fraction of sp³-hybridized carbons (Fsp3) is 0.429. The van der Waals surface area contributed by atoms with Crippen LogP contribution in [-0.4, -0.2) is 24.5 Å². The molecule has 1 fully saturated rings. The van der Waals surface area contributed by atoms with E-state index in [0.29, 0.717) is 12.1 Å². The lowest BCUT2D eigenvalue weighted by Crippen LogP contribution is -2.29. The summed E-state index contributed by atoms with van der Waals surface area (Å²) in [4.78, 5) is 2.27. The fourth-order valence-corrected chi connectivity index (χ4v) is 2.00. The first-order valence-corrected chi connectivity index (χ1v) is 5.91. The summed E-state index contributed by atoms with van der Waals surface area (Å²) in [6.07, 6.45) is 3.73. The quantitative estimate of drug-likeness (QED) is 0.676. The Morgan fingerprint density at radius 1 is 1.00 bits per heavy atom. The minimum absolute atomic E-state index is 0.402. The van der Waals surface area contributed by atoms with Crippen molar-refractivity contribution in [2.45, 2.75) is 19.3 Å². The van der Waals surface area contributed by atoms with Gasteiger partial charge in [-0.25, -0.2) is 8.78 Å². The molecule has 0 radical (unpaired) electrons. The molecule has 0 unspecified atom stereocenters. The van der Waals surface area contributed by atoms with Gasteiger partial charge < -0.3 is 0 Å². The summed E-state index contributed by atoms with van der Waals surface area (Å²) in [7, 11) is 0. The Hall–Kier alpha value is -1.40. The molecule has 0 N–H and O–H groups in total. The highest BCUT2D eigenvalue weighted by Crippen LogP contribution is 2.08. The monoisotopic (exact) mass is 235 g/mol. The van der Waals surface area contributed by atoms with Gasteiger partial charge in [0.05, 0.1) is 6.54 Å². The van der Waals surface area contributed by atoms with Crippen LogP contribution in [0.4, 0.5) is 8.78 Å². The number of hydrogen-bond acceptors (Lipinski definition) is 1. The van der Waals surface area contributed by atoms with Crippen molar-refractivity contribution in [3.8, 4) is 11.8 Å². The molecular weight excluding hydrogens is 220 g/mol. The average Bonchev–Trinajstić information content (AvgIpc) is 2.29. The van der Waals surface area contributed by atoms with Crippen molar-refractivity contribution in [2.75, 3.05) is 19.6 Å². The molecule has 0 saturated carbocycles. The van der Waals surface area contributed by atoms with Crippen LogP contribution in [0.2, 0.25) is 0 Å². The van der Waals surface area contributed by atoms with Gasteiger partial charge in [0.15, 0.2) is 0 Å². The normalized spacial score (nSPS) is 16.4. The molecule has 0 amide bonds. The van der Waals surface area contributed by atoms with Crippen LogP contribution in [0.5, 0.6) is 0 Å². The van der Waals surface area contributed by atoms with Crippen LogP contribution in [0.3, 0.4) is 0 Å². The maximum atomic E-state index is 12.9. The van der Waals surface area contributed by atoms with Gasteiger partial charge in [-0.05, 0) is 38.1 Å². The van der Waals surface area contributed by atoms with Crippen LogP contribution in [0, 0.1) is 23.5 Å². The number of hydrogen-bond donors (Lipinski definition) is 0. The number of likely N-dealkylation sites (tertiary alicyclic amines) is 1. The number of piperidine rings is 1. The number of nitrogens with zero attached hydrogens (tertiary/aromatic N) is 1. The molecule has 1 saturated heterocycles. The summed E-state index contributed by atoms with van der Waals surface area (Å²) in [5.74, 6) is 4.62. The van der Waals surface area contributed by atoms with Crippen molar-refractivity contribution in [3.63, 3.8) is 0 Å². The largest absolute Gasteiger partial charge is 0.292 e. The highest BCUT2D eigenvalue weighted by molar-refractivity contribution is 5.35. The molecule has 1 aliphatic heterocycles. The van der Waals surface area contributed by atoms with E-state index >= 15 is 0 Å². The molecular formula is C14H15F2N. The van der Waals surface area contributed by atoms with Crippen LogP contribution in [0.15, 0.2) is 18.2 Å². The fourth-order valence-electron chi connectivity index (χ4n) is 2.00. The predicted octanol–water partition coefficient (Wildman–Crippen LogP) is 2.80. The topological polar surface area (TPSA) is 3.24 Å². The highest BCUT2D eigenvalue weighted by Gasteiger charge is 2.07. The Morgan fingerprint density at radius 2 is 1.65 bits per heavy atom. The number of rotatable bonds is 1. The number of benzene rings is 1. The summed E-state index contributed by atoms with van der Waals surface area (Å²) >= 11 is 0. The van der Waals surface area contributed by atoms with Crippen molar-refractivity contribution in [1.29, 1.82) is 0 Å². The molecule has 1 heterocycles. The summed E-state index contributed by atoms with van der Waals surface area (Å²) < 4.78 is 25.8. The van der Waals surface area contributed by atoms with Crippen molar-refractivity contribution >= 4 is 0 Å². The van der Waals surface area contributed by atoms with E-state index in [2.05, 4.69) is 16.7 Å². The molecule has 1 nitrogen and oxygen atoms in total. The first-order valence-electron chi connectivity index (χ1n) is 5.91. The van der Waals surface area contributed by atoms with Gasteiger partial charge in [0, 0.05) is 11.6 Å². The van der Waals surface area contributed by atoms with Crippen molar-refractivity contribution in [1.82, 2.24) is 4.90 Å². The molecule has 90 valence electrons. The lowest BCUT2D eigenvalue weighted by Gasteiger charge is -2.23. The Kier molecular flexibility index (Phi) is 4.11. The van der Waals surface area contributed by atoms with Gasteiger partial charge in [0.2, 0.25) is 0 Å². The van der Waals surface area contributed by atoms with E-state index in [1.54, 1.807) is 0 Å². The molecule has 0 aliphatic carbocycles. The first kappa shape index (κ1) is 12.1. The molecule has 0 spiro atoms. The highest BCUT2D eigenvalue weighted by atomic mass is 19.1. The van der Waals surface area contributed by atoms with Gasteiger partial charge in [-0.1, -0.05) is 18.3 Å². The van der Waals surface area contributed by atoms with Crippen LogP contribution < -0.4 is 0 Å². The number of halogens is 2. The lowest BCUT2D eigenvalue weighted by molar-refractivity contribution is 0.255. The van der Waals surface area contributed by atoms with Crippen LogP contribution >= 0.6 is 0 Å². The second-order valence-corrected chi connectivity index (χ2v) is 4.30. The SMILES string of the molecule is Fc1cc(F)cc(C#CCN2CCCCC2)c1. The van der Waals surface area contributed by atoms with E-state index in [0.717, 1.165) is 19.2 Å². The lowest BCUT2D eigenvalue weighted by atomic mass is 10.1. The molecule has 1 aromatic carbocycles. The standard InChI is InChI=1S/C14H15F2N/c15-13-9-12(10-14(16)11-13)5-4-8-17-6-2-1-3-7-17/h9-11H,1-3,6-8H2. The van der Waals surface area contributed by atoms with Crippen molar-refractivity contribution in [2.24, 2.45) is 0 Å². The maximum absolute atomic E-state index is 12.9. The van der Waals surface area contributed by atoms with E-state index in [4.69, 9.17) is 0 Å². The van der Waals surface area contributed by atoms with E-state index in [1.165, 1.54) is 31.4 Å². The molecule has 0 atom stereocenters. The summed E-state index contributed by atoms with van der Waals surface area (Å²) in [6.45, 7) is 2.83. The Morgan fingerprint density at radius 3 is 2.29 bits per heavy atom. The molecule has 0 bridgehead atoms. The van der Waals surface area contributed by atoms with Gasteiger partial charge in [-0.2, -0.15) is 0 Å². The maximum Gasteiger partial charge on any atom is 0.127 e. The summed E-state index contributed by atoms with van der Waals surface area (Å²) in [6, 6.07) is 3.37. The summed E-state index contributed by atoms with van der Waals surface area (Å²) in [5.41, 5.74) is 0.402. The van der Waals surface area contributed by atoms with E-state index in [1.807, 2.05) is 0 Å². The van der Waals surface area contributed by atoms with Crippen molar-refractivity contribution < 1.29 is 8.78 Å². The third-order valence-electron chi connectivity index (χ3n) is 2.85. The zero-order chi connectivity index (χ0) is 12.1. The van der Waals surface area contributed by atoms with Gasteiger partial charge in [0.25, 0.3) is 0 Å². The Bertz CT molecular complexity index is 419. The molecule has 1 aliphatic rings. The van der Waals surface area contributed by atoms with Gasteiger partial charge >= 0.3 is 0 Å². The smallest absolute Gasteiger partial charge is 0.127 e. The molecule has 17 heavy (non-hydrogen) atoms. The minimum atomic E-state index is -0.577. The molecule has 3 heteroatoms. The molecule has 1 aromatic rings. The van der Waals surface area contributed by atoms with Gasteiger partial charge in [0.1, 0.15) is 11.6 Å². The second-order valence-electron chi connectivity index (χ2n) is 4.30.